The van der Waals surface area contributed by atoms with Crippen molar-refractivity contribution in [1.29, 1.82) is 0 Å². The Hall–Kier alpha value is -2.22. The lowest BCUT2D eigenvalue weighted by Crippen LogP contribution is -2.50. The minimum Gasteiger partial charge on any atom is -0.490 e. The van der Waals surface area contributed by atoms with Gasteiger partial charge in [-0.25, -0.2) is 13.6 Å². The summed E-state index contributed by atoms with van der Waals surface area (Å²) in [5.41, 5.74) is -1.20. The maximum absolute atomic E-state index is 14.5. The van der Waals surface area contributed by atoms with Crippen molar-refractivity contribution in [3.05, 3.63) is 29.3 Å². The van der Waals surface area contributed by atoms with Crippen LogP contribution < -0.4 is 4.74 Å². The van der Waals surface area contributed by atoms with Gasteiger partial charge < -0.3 is 24.3 Å². The van der Waals surface area contributed by atoms with Crippen molar-refractivity contribution in [3.8, 4) is 5.75 Å². The molecule has 4 atom stereocenters. The van der Waals surface area contributed by atoms with Crippen molar-refractivity contribution in [2.75, 3.05) is 19.7 Å². The zero-order valence-electron chi connectivity index (χ0n) is 14.7. The Kier molecular flexibility index (Phi) is 4.53. The van der Waals surface area contributed by atoms with Gasteiger partial charge in [0.1, 0.15) is 18.2 Å². The van der Waals surface area contributed by atoms with Gasteiger partial charge in [0.25, 0.3) is 0 Å². The molecule has 1 amide bonds. The molecule has 1 N–H and O–H groups in total. The van der Waals surface area contributed by atoms with E-state index in [1.165, 1.54) is 4.90 Å². The molecule has 0 spiro atoms. The van der Waals surface area contributed by atoms with Crippen molar-refractivity contribution in [2.24, 2.45) is 5.92 Å². The van der Waals surface area contributed by atoms with Crippen LogP contribution in [0.25, 0.3) is 0 Å². The molecule has 1 aromatic rings. The molecule has 1 aromatic carbocycles. The van der Waals surface area contributed by atoms with Crippen LogP contribution in [0.2, 0.25) is 0 Å². The lowest BCUT2D eigenvalue weighted by molar-refractivity contribution is -0.119. The number of aldehydes is 1. The van der Waals surface area contributed by atoms with Crippen molar-refractivity contribution < 1.29 is 33.0 Å². The van der Waals surface area contributed by atoms with E-state index in [1.54, 1.807) is 0 Å². The highest BCUT2D eigenvalue weighted by Crippen LogP contribution is 2.51. The Morgan fingerprint density at radius 2 is 2.11 bits per heavy atom. The van der Waals surface area contributed by atoms with Crippen LogP contribution in [0.4, 0.5) is 13.6 Å². The molecule has 2 heterocycles. The predicted octanol–water partition coefficient (Wildman–Crippen LogP) is 2.17. The van der Waals surface area contributed by atoms with Gasteiger partial charge in [-0.15, -0.1) is 0 Å². The number of fused-ring (bicyclic) bond motifs is 3. The van der Waals surface area contributed by atoms with Gasteiger partial charge in [0.05, 0.1) is 18.1 Å². The molecule has 4 rings (SSSR count). The lowest BCUT2D eigenvalue weighted by Gasteiger charge is -2.46. The number of hydrogen-bond donors (Lipinski definition) is 1. The molecule has 27 heavy (non-hydrogen) atoms. The summed E-state index contributed by atoms with van der Waals surface area (Å²) >= 11 is 0. The van der Waals surface area contributed by atoms with E-state index in [0.29, 0.717) is 32.1 Å². The average molecular weight is 381 g/mol. The Bertz CT molecular complexity index is 773. The first-order chi connectivity index (χ1) is 12.9. The lowest BCUT2D eigenvalue weighted by atomic mass is 9.61. The van der Waals surface area contributed by atoms with E-state index in [-0.39, 0.29) is 30.9 Å². The van der Waals surface area contributed by atoms with E-state index in [4.69, 9.17) is 9.47 Å². The topological polar surface area (TPSA) is 76.1 Å². The Labute approximate surface area is 155 Å². The quantitative estimate of drug-likeness (QED) is 0.795. The monoisotopic (exact) mass is 381 g/mol. The van der Waals surface area contributed by atoms with E-state index < -0.39 is 41.3 Å². The van der Waals surface area contributed by atoms with E-state index in [2.05, 4.69) is 0 Å². The number of halogens is 2. The Morgan fingerprint density at radius 1 is 1.33 bits per heavy atom. The summed E-state index contributed by atoms with van der Waals surface area (Å²) in [5.74, 6) is -1.95. The van der Waals surface area contributed by atoms with Gasteiger partial charge >= 0.3 is 6.09 Å². The van der Waals surface area contributed by atoms with Crippen LogP contribution in [-0.2, 0) is 14.9 Å². The van der Waals surface area contributed by atoms with Gasteiger partial charge in [-0.05, 0) is 37.8 Å². The summed E-state index contributed by atoms with van der Waals surface area (Å²) in [5, 5.41) is 9.54. The highest BCUT2D eigenvalue weighted by Gasteiger charge is 2.52. The number of ether oxygens (including phenoxy) is 2. The first kappa shape index (κ1) is 18.2. The fourth-order valence-corrected chi connectivity index (χ4v) is 4.53. The van der Waals surface area contributed by atoms with Crippen LogP contribution in [0.1, 0.15) is 31.2 Å². The smallest absolute Gasteiger partial charge is 0.410 e. The van der Waals surface area contributed by atoms with Crippen LogP contribution >= 0.6 is 0 Å². The van der Waals surface area contributed by atoms with E-state index in [0.717, 1.165) is 12.1 Å². The Balaban J connectivity index is 1.53. The maximum Gasteiger partial charge on any atom is 0.410 e. The SMILES string of the molecule is O=C[C@@]12CC[C@@H](OC(=O)N3CC[C@@H](O)C3)C[C@@H]1COc1c(F)ccc(F)c12. The zero-order chi connectivity index (χ0) is 19.2. The van der Waals surface area contributed by atoms with Gasteiger partial charge in [0, 0.05) is 24.6 Å². The number of hydrogen-bond acceptors (Lipinski definition) is 5. The highest BCUT2D eigenvalue weighted by atomic mass is 19.1. The molecular formula is C19H21F2NO5. The highest BCUT2D eigenvalue weighted by molar-refractivity contribution is 5.73. The number of nitrogens with zero attached hydrogens (tertiary/aromatic N) is 1. The largest absolute Gasteiger partial charge is 0.490 e. The molecule has 0 unspecified atom stereocenters. The van der Waals surface area contributed by atoms with Crippen LogP contribution in [0.15, 0.2) is 12.1 Å². The summed E-state index contributed by atoms with van der Waals surface area (Å²) in [6, 6.07) is 2.00. The molecule has 1 saturated heterocycles. The molecule has 1 saturated carbocycles. The van der Waals surface area contributed by atoms with Crippen LogP contribution in [0, 0.1) is 17.6 Å². The normalized spacial score (nSPS) is 32.3. The first-order valence-corrected chi connectivity index (χ1v) is 9.16. The third-order valence-electron chi connectivity index (χ3n) is 6.01. The number of likely N-dealkylation sites (tertiary alicyclic amines) is 1. The van der Waals surface area contributed by atoms with Gasteiger partial charge in [-0.1, -0.05) is 0 Å². The number of carbonyl (C=O) groups excluding carboxylic acids is 2. The minimum atomic E-state index is -1.17. The fourth-order valence-electron chi connectivity index (χ4n) is 4.53. The molecule has 3 aliphatic rings. The third-order valence-corrected chi connectivity index (χ3v) is 6.01. The second kappa shape index (κ2) is 6.74. The summed E-state index contributed by atoms with van der Waals surface area (Å²) in [4.78, 5) is 25.7. The molecule has 0 radical (unpaired) electrons. The Morgan fingerprint density at radius 3 is 2.81 bits per heavy atom. The summed E-state index contributed by atoms with van der Waals surface area (Å²) in [6.45, 7) is 0.742. The van der Waals surface area contributed by atoms with Crippen molar-refractivity contribution in [1.82, 2.24) is 4.90 Å². The molecule has 2 aliphatic heterocycles. The molecule has 1 aliphatic carbocycles. The molecule has 2 fully saturated rings. The number of benzene rings is 1. The maximum atomic E-state index is 14.5. The van der Waals surface area contributed by atoms with Crippen molar-refractivity contribution in [3.63, 3.8) is 0 Å². The number of aliphatic hydroxyl groups excluding tert-OH is 1. The molecule has 6 nitrogen and oxygen atoms in total. The number of amides is 1. The number of carbonyl (C=O) groups is 2. The second-order valence-corrected chi connectivity index (χ2v) is 7.57. The van der Waals surface area contributed by atoms with Crippen molar-refractivity contribution in [2.45, 2.75) is 43.3 Å². The van der Waals surface area contributed by atoms with Gasteiger partial charge in [-0.2, -0.15) is 0 Å². The molecular weight excluding hydrogens is 360 g/mol. The van der Waals surface area contributed by atoms with E-state index in [1.807, 2.05) is 0 Å². The number of rotatable bonds is 2. The van der Waals surface area contributed by atoms with Crippen LogP contribution in [0.5, 0.6) is 5.75 Å². The van der Waals surface area contributed by atoms with Gasteiger partial charge in [0.15, 0.2) is 11.6 Å². The number of aliphatic hydroxyl groups is 1. The molecule has 146 valence electrons. The first-order valence-electron chi connectivity index (χ1n) is 9.16. The third kappa shape index (κ3) is 2.96. The van der Waals surface area contributed by atoms with Gasteiger partial charge in [-0.3, -0.25) is 0 Å². The van der Waals surface area contributed by atoms with Crippen molar-refractivity contribution >= 4 is 12.4 Å². The summed E-state index contributed by atoms with van der Waals surface area (Å²) in [7, 11) is 0. The van der Waals surface area contributed by atoms with Gasteiger partial charge in [0.2, 0.25) is 0 Å². The zero-order valence-corrected chi connectivity index (χ0v) is 14.7. The van der Waals surface area contributed by atoms with E-state index in [9.17, 15) is 23.5 Å². The van der Waals surface area contributed by atoms with Crippen LogP contribution in [0.3, 0.4) is 0 Å². The number of β-amino-alcohol motifs (C(OH)–C–C–N with tert-alkyl or cyclic N) is 1. The summed E-state index contributed by atoms with van der Waals surface area (Å²) < 4.78 is 39.5. The van der Waals surface area contributed by atoms with Crippen LogP contribution in [-0.4, -0.2) is 54.3 Å². The second-order valence-electron chi connectivity index (χ2n) is 7.57. The average Bonchev–Trinajstić information content (AvgIpc) is 3.10. The molecule has 0 aromatic heterocycles. The molecule has 8 heteroatoms. The van der Waals surface area contributed by atoms with E-state index >= 15 is 0 Å². The predicted molar refractivity (Wildman–Crippen MR) is 89.4 cm³/mol. The fraction of sp³-hybridized carbons (Fsp3) is 0.579. The summed E-state index contributed by atoms with van der Waals surface area (Å²) in [6.07, 6.45) is 0.691. The standard InChI is InChI=1S/C19H21F2NO5/c20-14-1-2-15(21)17-16(14)19(10-23)5-3-13(7-11(19)9-26-17)27-18(25)22-6-4-12(24)8-22/h1-2,10-13,24H,3-9H2/t11-,12-,13-,19+/m1/s1. The molecule has 0 bridgehead atoms. The minimum absolute atomic E-state index is 0.0267.